The Morgan fingerprint density at radius 2 is 2.03 bits per heavy atom. The summed E-state index contributed by atoms with van der Waals surface area (Å²) in [5.41, 5.74) is 2.45. The number of halogens is 3. The molecule has 0 amide bonds. The standard InChI is InChI=1S/C21H27F2N5.HI/c1-3-25-21(26-11-8-16-7-10-24-13-15(16)2)27-17-9-12-28(14-17)20-18(22)5-4-6-19(20)23;/h4-7,10,13,17H,3,8-9,11-12,14H2,1-2H3,(H2,25,26,27);1H. The van der Waals surface area contributed by atoms with E-state index >= 15 is 0 Å². The Morgan fingerprint density at radius 3 is 2.72 bits per heavy atom. The number of nitrogens with zero attached hydrogens (tertiary/aromatic N) is 3. The molecule has 0 spiro atoms. The lowest BCUT2D eigenvalue weighted by Crippen LogP contribution is -2.44. The highest BCUT2D eigenvalue weighted by Gasteiger charge is 2.27. The maximum Gasteiger partial charge on any atom is 0.191 e. The van der Waals surface area contributed by atoms with Gasteiger partial charge in [0.05, 0.1) is 0 Å². The number of aryl methyl sites for hydroxylation is 1. The van der Waals surface area contributed by atoms with E-state index in [0.29, 0.717) is 19.6 Å². The fourth-order valence-electron chi connectivity index (χ4n) is 3.46. The second-order valence-corrected chi connectivity index (χ2v) is 6.96. The molecule has 2 heterocycles. The topological polar surface area (TPSA) is 52.6 Å². The van der Waals surface area contributed by atoms with Crippen LogP contribution in [0.15, 0.2) is 41.7 Å². The zero-order valence-corrected chi connectivity index (χ0v) is 19.1. The molecule has 1 aliphatic rings. The number of hydrogen-bond donors (Lipinski definition) is 2. The van der Waals surface area contributed by atoms with Crippen LogP contribution in [0.3, 0.4) is 0 Å². The molecule has 3 rings (SSSR count). The normalized spacial score (nSPS) is 16.5. The van der Waals surface area contributed by atoms with Crippen LogP contribution in [0.5, 0.6) is 0 Å². The first-order valence-electron chi connectivity index (χ1n) is 9.71. The van der Waals surface area contributed by atoms with Gasteiger partial charge >= 0.3 is 0 Å². The number of aromatic nitrogens is 1. The molecule has 158 valence electrons. The van der Waals surface area contributed by atoms with Gasteiger partial charge in [0.25, 0.3) is 0 Å². The molecule has 1 aromatic heterocycles. The molecule has 1 saturated heterocycles. The highest BCUT2D eigenvalue weighted by atomic mass is 127. The van der Waals surface area contributed by atoms with Crippen molar-refractivity contribution >= 4 is 35.6 Å². The number of hydrogen-bond acceptors (Lipinski definition) is 3. The summed E-state index contributed by atoms with van der Waals surface area (Å²) in [7, 11) is 0. The molecule has 5 nitrogen and oxygen atoms in total. The Morgan fingerprint density at radius 1 is 1.28 bits per heavy atom. The Hall–Kier alpha value is -1.97. The summed E-state index contributed by atoms with van der Waals surface area (Å²) < 4.78 is 28.1. The van der Waals surface area contributed by atoms with Crippen molar-refractivity contribution in [3.8, 4) is 0 Å². The number of guanidine groups is 1. The number of rotatable bonds is 6. The first kappa shape index (κ1) is 23.3. The van der Waals surface area contributed by atoms with Crippen LogP contribution in [0.1, 0.15) is 24.5 Å². The van der Waals surface area contributed by atoms with Gasteiger partial charge in [-0.15, -0.1) is 24.0 Å². The molecule has 29 heavy (non-hydrogen) atoms. The number of pyridine rings is 1. The average Bonchev–Trinajstić information content (AvgIpc) is 3.11. The number of aliphatic imine (C=N–C) groups is 1. The van der Waals surface area contributed by atoms with Gasteiger partial charge < -0.3 is 15.5 Å². The van der Waals surface area contributed by atoms with Crippen molar-refractivity contribution in [3.05, 3.63) is 59.4 Å². The molecule has 0 bridgehead atoms. The summed E-state index contributed by atoms with van der Waals surface area (Å²) in [4.78, 5) is 10.5. The van der Waals surface area contributed by atoms with Crippen LogP contribution in [-0.4, -0.2) is 43.2 Å². The highest BCUT2D eigenvalue weighted by molar-refractivity contribution is 14.0. The van der Waals surface area contributed by atoms with E-state index in [2.05, 4.69) is 20.6 Å². The number of anilines is 1. The average molecular weight is 515 g/mol. The molecule has 1 unspecified atom stereocenters. The fraction of sp³-hybridized carbons (Fsp3) is 0.429. The van der Waals surface area contributed by atoms with Crippen LogP contribution in [0.25, 0.3) is 0 Å². The van der Waals surface area contributed by atoms with Crippen molar-refractivity contribution in [1.82, 2.24) is 15.6 Å². The van der Waals surface area contributed by atoms with Crippen molar-refractivity contribution in [3.63, 3.8) is 0 Å². The minimum Gasteiger partial charge on any atom is -0.365 e. The summed E-state index contributed by atoms with van der Waals surface area (Å²) in [6, 6.07) is 6.08. The van der Waals surface area contributed by atoms with Gasteiger partial charge in [0, 0.05) is 44.6 Å². The molecular weight excluding hydrogens is 487 g/mol. The van der Waals surface area contributed by atoms with Gasteiger partial charge in [-0.3, -0.25) is 9.98 Å². The van der Waals surface area contributed by atoms with E-state index in [-0.39, 0.29) is 35.7 Å². The van der Waals surface area contributed by atoms with Gasteiger partial charge in [-0.1, -0.05) is 6.07 Å². The molecule has 2 N–H and O–H groups in total. The Labute approximate surface area is 188 Å². The van der Waals surface area contributed by atoms with Gasteiger partial charge in [0.2, 0.25) is 0 Å². The van der Waals surface area contributed by atoms with Crippen molar-refractivity contribution in [2.45, 2.75) is 32.7 Å². The molecule has 1 fully saturated rings. The predicted molar refractivity (Wildman–Crippen MR) is 124 cm³/mol. The van der Waals surface area contributed by atoms with E-state index in [1.54, 1.807) is 11.1 Å². The first-order chi connectivity index (χ1) is 13.6. The summed E-state index contributed by atoms with van der Waals surface area (Å²) in [6.45, 7) is 6.60. The lowest BCUT2D eigenvalue weighted by atomic mass is 10.1. The SMILES string of the molecule is CCNC(=NCCc1ccncc1C)NC1CCN(c2c(F)cccc2F)C1.I. The van der Waals surface area contributed by atoms with E-state index in [9.17, 15) is 8.78 Å². The summed E-state index contributed by atoms with van der Waals surface area (Å²) in [6.07, 6.45) is 5.28. The lowest BCUT2D eigenvalue weighted by Gasteiger charge is -2.21. The second-order valence-electron chi connectivity index (χ2n) is 6.96. The first-order valence-corrected chi connectivity index (χ1v) is 9.71. The van der Waals surface area contributed by atoms with Crippen LogP contribution < -0.4 is 15.5 Å². The second kappa shape index (κ2) is 11.3. The van der Waals surface area contributed by atoms with Crippen LogP contribution >= 0.6 is 24.0 Å². The minimum absolute atomic E-state index is 0. The fourth-order valence-corrected chi connectivity index (χ4v) is 3.46. The molecule has 0 radical (unpaired) electrons. The van der Waals surface area contributed by atoms with Gasteiger partial charge in [0.15, 0.2) is 5.96 Å². The van der Waals surface area contributed by atoms with Crippen LogP contribution in [0.4, 0.5) is 14.5 Å². The summed E-state index contributed by atoms with van der Waals surface area (Å²) >= 11 is 0. The number of para-hydroxylation sites is 1. The Kier molecular flexibility index (Phi) is 9.06. The largest absolute Gasteiger partial charge is 0.365 e. The molecule has 8 heteroatoms. The van der Waals surface area contributed by atoms with Gasteiger partial charge in [-0.05, 0) is 56.0 Å². The van der Waals surface area contributed by atoms with E-state index in [1.807, 2.05) is 26.1 Å². The molecule has 0 saturated carbocycles. The van der Waals surface area contributed by atoms with E-state index in [4.69, 9.17) is 0 Å². The molecule has 0 aliphatic carbocycles. The van der Waals surface area contributed by atoms with E-state index in [1.165, 1.54) is 23.8 Å². The van der Waals surface area contributed by atoms with Gasteiger partial charge in [0.1, 0.15) is 17.3 Å². The summed E-state index contributed by atoms with van der Waals surface area (Å²) in [5.74, 6) is -0.307. The van der Waals surface area contributed by atoms with E-state index < -0.39 is 11.6 Å². The number of benzene rings is 1. The van der Waals surface area contributed by atoms with Gasteiger partial charge in [-0.2, -0.15) is 0 Å². The molecule has 1 aromatic carbocycles. The summed E-state index contributed by atoms with van der Waals surface area (Å²) in [5, 5.41) is 6.64. The zero-order valence-electron chi connectivity index (χ0n) is 16.8. The van der Waals surface area contributed by atoms with Gasteiger partial charge in [-0.25, -0.2) is 8.78 Å². The maximum absolute atomic E-state index is 14.0. The van der Waals surface area contributed by atoms with Crippen LogP contribution in [-0.2, 0) is 6.42 Å². The van der Waals surface area contributed by atoms with Crippen molar-refractivity contribution in [1.29, 1.82) is 0 Å². The lowest BCUT2D eigenvalue weighted by molar-refractivity contribution is 0.576. The quantitative estimate of drug-likeness (QED) is 0.351. The maximum atomic E-state index is 14.0. The Bertz CT molecular complexity index is 810. The van der Waals surface area contributed by atoms with Crippen LogP contribution in [0, 0.1) is 18.6 Å². The monoisotopic (exact) mass is 515 g/mol. The van der Waals surface area contributed by atoms with Crippen molar-refractivity contribution in [2.75, 3.05) is 31.1 Å². The molecule has 1 aliphatic heterocycles. The van der Waals surface area contributed by atoms with Crippen molar-refractivity contribution in [2.24, 2.45) is 4.99 Å². The molecule has 1 atom stereocenters. The minimum atomic E-state index is -0.519. The smallest absolute Gasteiger partial charge is 0.191 e. The predicted octanol–water partition coefficient (Wildman–Crippen LogP) is 3.66. The third-order valence-electron chi connectivity index (χ3n) is 4.91. The molecular formula is C21H28F2IN5. The third-order valence-corrected chi connectivity index (χ3v) is 4.91. The van der Waals surface area contributed by atoms with Crippen LogP contribution in [0.2, 0.25) is 0 Å². The zero-order chi connectivity index (χ0) is 19.9. The number of nitrogens with one attached hydrogen (secondary N) is 2. The molecule has 2 aromatic rings. The third kappa shape index (κ3) is 6.25. The Balaban J connectivity index is 0.00000300. The van der Waals surface area contributed by atoms with E-state index in [0.717, 1.165) is 30.9 Å². The van der Waals surface area contributed by atoms with Crippen molar-refractivity contribution < 1.29 is 8.78 Å². The highest BCUT2D eigenvalue weighted by Crippen LogP contribution is 2.26.